The first-order valence-electron chi connectivity index (χ1n) is 5.28. The van der Waals surface area contributed by atoms with Crippen molar-refractivity contribution in [2.75, 3.05) is 20.3 Å². The maximum absolute atomic E-state index is 5.97. The Labute approximate surface area is 95.1 Å². The maximum Gasteiger partial charge on any atom is 0.252 e. The molecule has 0 aliphatic heterocycles. The maximum atomic E-state index is 5.97. The SMILES string of the molecule is CCCOCc1nc(C(C)(N)COC)no1. The van der Waals surface area contributed by atoms with E-state index in [4.69, 9.17) is 19.7 Å². The molecular weight excluding hydrogens is 210 g/mol. The monoisotopic (exact) mass is 229 g/mol. The highest BCUT2D eigenvalue weighted by Gasteiger charge is 2.27. The highest BCUT2D eigenvalue weighted by atomic mass is 16.5. The number of methoxy groups -OCH3 is 1. The quantitative estimate of drug-likeness (QED) is 0.697. The topological polar surface area (TPSA) is 83.4 Å². The molecule has 1 aromatic rings. The van der Waals surface area contributed by atoms with E-state index < -0.39 is 5.54 Å². The second kappa shape index (κ2) is 5.93. The lowest BCUT2D eigenvalue weighted by molar-refractivity contribution is 0.0981. The van der Waals surface area contributed by atoms with Gasteiger partial charge in [0.15, 0.2) is 5.82 Å². The molecule has 6 nitrogen and oxygen atoms in total. The van der Waals surface area contributed by atoms with Crippen LogP contribution in [0.15, 0.2) is 4.52 Å². The van der Waals surface area contributed by atoms with Crippen LogP contribution in [0.25, 0.3) is 0 Å². The minimum absolute atomic E-state index is 0.323. The normalized spacial score (nSPS) is 15.0. The van der Waals surface area contributed by atoms with Crippen molar-refractivity contribution in [1.29, 1.82) is 0 Å². The first-order chi connectivity index (χ1) is 7.60. The van der Waals surface area contributed by atoms with Crippen LogP contribution in [0.3, 0.4) is 0 Å². The van der Waals surface area contributed by atoms with Crippen LogP contribution in [0.4, 0.5) is 0 Å². The molecule has 0 saturated heterocycles. The molecule has 1 heterocycles. The van der Waals surface area contributed by atoms with Gasteiger partial charge in [0.2, 0.25) is 0 Å². The van der Waals surface area contributed by atoms with E-state index in [0.717, 1.165) is 6.42 Å². The molecule has 1 atom stereocenters. The molecule has 0 bridgehead atoms. The van der Waals surface area contributed by atoms with Crippen LogP contribution in [0, 0.1) is 0 Å². The predicted octanol–water partition coefficient (Wildman–Crippen LogP) is 0.817. The van der Waals surface area contributed by atoms with Crippen molar-refractivity contribution in [3.05, 3.63) is 11.7 Å². The van der Waals surface area contributed by atoms with Crippen LogP contribution in [0.5, 0.6) is 0 Å². The van der Waals surface area contributed by atoms with Crippen molar-refractivity contribution < 1.29 is 14.0 Å². The van der Waals surface area contributed by atoms with Crippen LogP contribution in [-0.2, 0) is 21.6 Å². The van der Waals surface area contributed by atoms with Gasteiger partial charge in [0.05, 0.1) is 6.61 Å². The molecule has 0 saturated carbocycles. The van der Waals surface area contributed by atoms with E-state index in [9.17, 15) is 0 Å². The van der Waals surface area contributed by atoms with Crippen molar-refractivity contribution in [3.8, 4) is 0 Å². The Balaban J connectivity index is 2.56. The highest BCUT2D eigenvalue weighted by Crippen LogP contribution is 2.14. The van der Waals surface area contributed by atoms with Gasteiger partial charge in [-0.15, -0.1) is 0 Å². The smallest absolute Gasteiger partial charge is 0.252 e. The number of hydrogen-bond acceptors (Lipinski definition) is 6. The summed E-state index contributed by atoms with van der Waals surface area (Å²) < 4.78 is 15.3. The zero-order valence-electron chi connectivity index (χ0n) is 10.0. The fourth-order valence-corrected chi connectivity index (χ4v) is 1.21. The lowest BCUT2D eigenvalue weighted by Gasteiger charge is -2.18. The van der Waals surface area contributed by atoms with Crippen LogP contribution < -0.4 is 5.73 Å². The molecule has 0 aliphatic rings. The molecule has 0 amide bonds. The average Bonchev–Trinajstić information content (AvgIpc) is 2.67. The molecule has 1 aromatic heterocycles. The third-order valence-electron chi connectivity index (χ3n) is 2.00. The van der Waals surface area contributed by atoms with Crippen LogP contribution in [0.1, 0.15) is 32.0 Å². The Morgan fingerprint density at radius 3 is 2.88 bits per heavy atom. The summed E-state index contributed by atoms with van der Waals surface area (Å²) in [5, 5.41) is 3.81. The Bertz CT molecular complexity index is 312. The lowest BCUT2D eigenvalue weighted by Crippen LogP contribution is -2.39. The zero-order chi connectivity index (χ0) is 12.0. The third kappa shape index (κ3) is 3.55. The van der Waals surface area contributed by atoms with Gasteiger partial charge in [0.1, 0.15) is 12.1 Å². The third-order valence-corrected chi connectivity index (χ3v) is 2.00. The second-order valence-corrected chi connectivity index (χ2v) is 3.91. The molecule has 6 heteroatoms. The lowest BCUT2D eigenvalue weighted by atomic mass is 10.1. The number of nitrogens with zero attached hydrogens (tertiary/aromatic N) is 2. The van der Waals surface area contributed by atoms with Crippen LogP contribution in [-0.4, -0.2) is 30.5 Å². The van der Waals surface area contributed by atoms with Crippen molar-refractivity contribution in [2.45, 2.75) is 32.4 Å². The first-order valence-corrected chi connectivity index (χ1v) is 5.28. The van der Waals surface area contributed by atoms with Gasteiger partial charge in [-0.1, -0.05) is 12.1 Å². The van der Waals surface area contributed by atoms with Crippen molar-refractivity contribution in [1.82, 2.24) is 10.1 Å². The molecule has 1 rings (SSSR count). The molecule has 0 aliphatic carbocycles. The molecular formula is C10H19N3O3. The number of hydrogen-bond donors (Lipinski definition) is 1. The Hall–Kier alpha value is -0.980. The fourth-order valence-electron chi connectivity index (χ4n) is 1.21. The number of rotatable bonds is 7. The molecule has 92 valence electrons. The average molecular weight is 229 g/mol. The van der Waals surface area contributed by atoms with Crippen molar-refractivity contribution in [3.63, 3.8) is 0 Å². The molecule has 0 aromatic carbocycles. The Morgan fingerprint density at radius 2 is 2.25 bits per heavy atom. The van der Waals surface area contributed by atoms with Gasteiger partial charge in [-0.25, -0.2) is 0 Å². The predicted molar refractivity (Wildman–Crippen MR) is 57.7 cm³/mol. The summed E-state index contributed by atoms with van der Waals surface area (Å²) in [6.07, 6.45) is 0.958. The van der Waals surface area contributed by atoms with E-state index in [0.29, 0.717) is 31.5 Å². The second-order valence-electron chi connectivity index (χ2n) is 3.91. The van der Waals surface area contributed by atoms with Gasteiger partial charge < -0.3 is 19.7 Å². The largest absolute Gasteiger partial charge is 0.382 e. The van der Waals surface area contributed by atoms with Gasteiger partial charge in [-0.05, 0) is 13.3 Å². The van der Waals surface area contributed by atoms with Crippen molar-refractivity contribution in [2.24, 2.45) is 5.73 Å². The van der Waals surface area contributed by atoms with E-state index in [1.165, 1.54) is 0 Å². The summed E-state index contributed by atoms with van der Waals surface area (Å²) in [4.78, 5) is 4.16. The number of ether oxygens (including phenoxy) is 2. The van der Waals surface area contributed by atoms with Crippen LogP contribution >= 0.6 is 0 Å². The van der Waals surface area contributed by atoms with E-state index in [2.05, 4.69) is 10.1 Å². The molecule has 0 spiro atoms. The van der Waals surface area contributed by atoms with E-state index in [1.807, 2.05) is 6.92 Å². The molecule has 16 heavy (non-hydrogen) atoms. The summed E-state index contributed by atoms with van der Waals surface area (Å²) in [6, 6.07) is 0. The van der Waals surface area contributed by atoms with Gasteiger partial charge in [0.25, 0.3) is 5.89 Å². The fraction of sp³-hybridized carbons (Fsp3) is 0.800. The molecule has 0 fully saturated rings. The van der Waals surface area contributed by atoms with Crippen molar-refractivity contribution >= 4 is 0 Å². The molecule has 2 N–H and O–H groups in total. The zero-order valence-corrected chi connectivity index (χ0v) is 10.0. The summed E-state index contributed by atoms with van der Waals surface area (Å²) in [5.41, 5.74) is 5.23. The summed E-state index contributed by atoms with van der Waals surface area (Å²) in [7, 11) is 1.58. The minimum atomic E-state index is -0.735. The van der Waals surface area contributed by atoms with Crippen LogP contribution in [0.2, 0.25) is 0 Å². The molecule has 0 radical (unpaired) electrons. The highest BCUT2D eigenvalue weighted by molar-refractivity contribution is 5.01. The Kier molecular flexibility index (Phi) is 4.85. The van der Waals surface area contributed by atoms with E-state index >= 15 is 0 Å². The summed E-state index contributed by atoms with van der Waals surface area (Å²) >= 11 is 0. The molecule has 1 unspecified atom stereocenters. The van der Waals surface area contributed by atoms with Gasteiger partial charge in [-0.2, -0.15) is 4.98 Å². The van der Waals surface area contributed by atoms with Gasteiger partial charge in [0, 0.05) is 13.7 Å². The van der Waals surface area contributed by atoms with Gasteiger partial charge in [-0.3, -0.25) is 0 Å². The standard InChI is InChI=1S/C10H19N3O3/c1-4-5-15-6-8-12-9(13-16-8)10(2,11)7-14-3/h4-7,11H2,1-3H3. The number of nitrogens with two attached hydrogens (primary N) is 1. The van der Waals surface area contributed by atoms with E-state index in [1.54, 1.807) is 14.0 Å². The minimum Gasteiger partial charge on any atom is -0.382 e. The van der Waals surface area contributed by atoms with E-state index in [-0.39, 0.29) is 0 Å². The van der Waals surface area contributed by atoms with Gasteiger partial charge >= 0.3 is 0 Å². The summed E-state index contributed by atoms with van der Waals surface area (Å²) in [5.74, 6) is 0.876. The summed E-state index contributed by atoms with van der Waals surface area (Å²) in [6.45, 7) is 5.16. The Morgan fingerprint density at radius 1 is 1.50 bits per heavy atom. The first kappa shape index (κ1) is 13.1. The number of aromatic nitrogens is 2.